The van der Waals surface area contributed by atoms with Gasteiger partial charge in [-0.1, -0.05) is 18.5 Å². The maximum absolute atomic E-state index is 6.04. The first-order chi connectivity index (χ1) is 6.77. The first kappa shape index (κ1) is 11.2. The van der Waals surface area contributed by atoms with Crippen LogP contribution < -0.4 is 10.1 Å². The van der Waals surface area contributed by atoms with E-state index in [0.29, 0.717) is 11.6 Å². The van der Waals surface area contributed by atoms with E-state index >= 15 is 0 Å². The van der Waals surface area contributed by atoms with Crippen LogP contribution in [0.4, 0.5) is 5.69 Å². The Kier molecular flexibility index (Phi) is 4.60. The van der Waals surface area contributed by atoms with E-state index in [-0.39, 0.29) is 0 Å². The molecule has 1 N–H and O–H groups in total. The first-order valence-corrected chi connectivity index (χ1v) is 5.32. The van der Waals surface area contributed by atoms with Crippen molar-refractivity contribution in [3.05, 3.63) is 23.2 Å². The smallest absolute Gasteiger partial charge is 0.138 e. The highest BCUT2D eigenvalue weighted by Crippen LogP contribution is 2.27. The minimum absolute atomic E-state index is 0.664. The zero-order valence-electron chi connectivity index (χ0n) is 8.64. The van der Waals surface area contributed by atoms with Crippen LogP contribution in [-0.4, -0.2) is 13.2 Å². The van der Waals surface area contributed by atoms with E-state index in [4.69, 9.17) is 16.3 Å². The molecule has 0 aromatic heterocycles. The summed E-state index contributed by atoms with van der Waals surface area (Å²) < 4.78 is 5.46. The van der Waals surface area contributed by atoms with E-state index in [1.807, 2.05) is 18.2 Å². The molecule has 78 valence electrons. The second-order valence-corrected chi connectivity index (χ2v) is 3.43. The summed E-state index contributed by atoms with van der Waals surface area (Å²) in [6.45, 7) is 5.72. The Labute approximate surface area is 90.2 Å². The number of hydrogen-bond donors (Lipinski definition) is 1. The molecule has 0 bridgehead atoms. The van der Waals surface area contributed by atoms with Gasteiger partial charge in [-0.2, -0.15) is 0 Å². The van der Waals surface area contributed by atoms with Crippen LogP contribution in [0.25, 0.3) is 0 Å². The Balaban J connectivity index is 2.68. The summed E-state index contributed by atoms with van der Waals surface area (Å²) in [4.78, 5) is 0. The average Bonchev–Trinajstić information content (AvgIpc) is 2.17. The van der Waals surface area contributed by atoms with Gasteiger partial charge >= 0.3 is 0 Å². The third-order valence-corrected chi connectivity index (χ3v) is 2.07. The molecule has 14 heavy (non-hydrogen) atoms. The zero-order chi connectivity index (χ0) is 10.4. The molecule has 0 fully saturated rings. The molecule has 0 aliphatic carbocycles. The van der Waals surface area contributed by atoms with Gasteiger partial charge in [-0.15, -0.1) is 0 Å². The molecule has 0 aliphatic rings. The lowest BCUT2D eigenvalue weighted by Crippen LogP contribution is -1.98. The Bertz CT molecular complexity index is 289. The third-order valence-electron chi connectivity index (χ3n) is 1.77. The largest absolute Gasteiger partial charge is 0.492 e. The maximum Gasteiger partial charge on any atom is 0.138 e. The van der Waals surface area contributed by atoms with E-state index in [9.17, 15) is 0 Å². The highest BCUT2D eigenvalue weighted by molar-refractivity contribution is 6.32. The number of nitrogens with one attached hydrogen (secondary N) is 1. The van der Waals surface area contributed by atoms with Crippen molar-refractivity contribution in [1.82, 2.24) is 0 Å². The summed E-state index contributed by atoms with van der Waals surface area (Å²) in [7, 11) is 0. The van der Waals surface area contributed by atoms with Crippen LogP contribution in [0.15, 0.2) is 18.2 Å². The monoisotopic (exact) mass is 213 g/mol. The summed E-state index contributed by atoms with van der Waals surface area (Å²) in [6, 6.07) is 5.76. The van der Waals surface area contributed by atoms with Crippen molar-refractivity contribution in [3.63, 3.8) is 0 Å². The second kappa shape index (κ2) is 5.76. The van der Waals surface area contributed by atoms with E-state index < -0.39 is 0 Å². The topological polar surface area (TPSA) is 21.3 Å². The molecular weight excluding hydrogens is 198 g/mol. The zero-order valence-corrected chi connectivity index (χ0v) is 9.40. The lowest BCUT2D eigenvalue weighted by atomic mass is 10.3. The van der Waals surface area contributed by atoms with Crippen molar-refractivity contribution in [3.8, 4) is 5.75 Å². The SMILES string of the molecule is CCCOc1ccc(NCC)cc1Cl. The number of hydrogen-bond acceptors (Lipinski definition) is 2. The summed E-state index contributed by atoms with van der Waals surface area (Å²) >= 11 is 6.04. The van der Waals surface area contributed by atoms with Gasteiger partial charge in [0, 0.05) is 12.2 Å². The van der Waals surface area contributed by atoms with Gasteiger partial charge in [0.1, 0.15) is 5.75 Å². The van der Waals surface area contributed by atoms with E-state index in [0.717, 1.165) is 24.4 Å². The second-order valence-electron chi connectivity index (χ2n) is 3.02. The van der Waals surface area contributed by atoms with Gasteiger partial charge < -0.3 is 10.1 Å². The van der Waals surface area contributed by atoms with Crippen molar-refractivity contribution in [2.45, 2.75) is 20.3 Å². The Morgan fingerprint density at radius 3 is 2.71 bits per heavy atom. The van der Waals surface area contributed by atoms with E-state index in [2.05, 4.69) is 19.2 Å². The Morgan fingerprint density at radius 2 is 2.14 bits per heavy atom. The van der Waals surface area contributed by atoms with Crippen LogP contribution in [-0.2, 0) is 0 Å². The summed E-state index contributed by atoms with van der Waals surface area (Å²) in [5.41, 5.74) is 1.03. The van der Waals surface area contributed by atoms with Gasteiger partial charge in [0.2, 0.25) is 0 Å². The highest BCUT2D eigenvalue weighted by atomic mass is 35.5. The molecule has 1 aromatic carbocycles. The van der Waals surface area contributed by atoms with Gasteiger partial charge in [-0.25, -0.2) is 0 Å². The van der Waals surface area contributed by atoms with Crippen molar-refractivity contribution in [2.24, 2.45) is 0 Å². The van der Waals surface area contributed by atoms with Crippen LogP contribution >= 0.6 is 11.6 Å². The molecular formula is C11H16ClNO. The molecule has 1 rings (SSSR count). The lowest BCUT2D eigenvalue weighted by molar-refractivity contribution is 0.317. The summed E-state index contributed by atoms with van der Waals surface area (Å²) in [6.07, 6.45) is 0.991. The third kappa shape index (κ3) is 3.11. The number of halogens is 1. The molecule has 0 saturated heterocycles. The number of rotatable bonds is 5. The van der Waals surface area contributed by atoms with E-state index in [1.54, 1.807) is 0 Å². The van der Waals surface area contributed by atoms with Gasteiger partial charge in [0.15, 0.2) is 0 Å². The van der Waals surface area contributed by atoms with Gasteiger partial charge in [0.05, 0.1) is 11.6 Å². The van der Waals surface area contributed by atoms with Gasteiger partial charge in [-0.3, -0.25) is 0 Å². The molecule has 0 spiro atoms. The fourth-order valence-electron chi connectivity index (χ4n) is 1.14. The average molecular weight is 214 g/mol. The van der Waals surface area contributed by atoms with Crippen LogP contribution in [0.5, 0.6) is 5.75 Å². The Morgan fingerprint density at radius 1 is 1.36 bits per heavy atom. The molecule has 0 saturated carbocycles. The first-order valence-electron chi connectivity index (χ1n) is 4.94. The van der Waals surface area contributed by atoms with E-state index in [1.165, 1.54) is 0 Å². The van der Waals surface area contributed by atoms with Crippen LogP contribution in [0, 0.1) is 0 Å². The maximum atomic E-state index is 6.04. The predicted molar refractivity (Wildman–Crippen MR) is 61.4 cm³/mol. The minimum Gasteiger partial charge on any atom is -0.492 e. The molecule has 0 radical (unpaired) electrons. The van der Waals surface area contributed by atoms with Crippen LogP contribution in [0.2, 0.25) is 5.02 Å². The molecule has 3 heteroatoms. The van der Waals surface area contributed by atoms with Crippen molar-refractivity contribution < 1.29 is 4.74 Å². The molecule has 0 atom stereocenters. The normalized spacial score (nSPS) is 9.93. The fraction of sp³-hybridized carbons (Fsp3) is 0.455. The molecule has 0 heterocycles. The van der Waals surface area contributed by atoms with Crippen molar-refractivity contribution in [1.29, 1.82) is 0 Å². The predicted octanol–water partition coefficient (Wildman–Crippen LogP) is 3.56. The number of anilines is 1. The quantitative estimate of drug-likeness (QED) is 0.808. The molecule has 0 unspecified atom stereocenters. The summed E-state index contributed by atoms with van der Waals surface area (Å²) in [5, 5.41) is 3.86. The van der Waals surface area contributed by atoms with Crippen molar-refractivity contribution in [2.75, 3.05) is 18.5 Å². The minimum atomic E-state index is 0.664. The highest BCUT2D eigenvalue weighted by Gasteiger charge is 2.01. The molecule has 1 aromatic rings. The van der Waals surface area contributed by atoms with Gasteiger partial charge in [-0.05, 0) is 31.5 Å². The lowest BCUT2D eigenvalue weighted by Gasteiger charge is -2.09. The van der Waals surface area contributed by atoms with Crippen LogP contribution in [0.3, 0.4) is 0 Å². The molecule has 2 nitrogen and oxygen atoms in total. The molecule has 0 amide bonds. The number of ether oxygens (including phenoxy) is 1. The standard InChI is InChI=1S/C11H16ClNO/c1-3-7-14-11-6-5-9(13-4-2)8-10(11)12/h5-6,8,13H,3-4,7H2,1-2H3. The Hall–Kier alpha value is -0.890. The van der Waals surface area contributed by atoms with Gasteiger partial charge in [0.25, 0.3) is 0 Å². The molecule has 0 aliphatic heterocycles. The van der Waals surface area contributed by atoms with Crippen LogP contribution in [0.1, 0.15) is 20.3 Å². The fourth-order valence-corrected chi connectivity index (χ4v) is 1.38. The number of benzene rings is 1. The van der Waals surface area contributed by atoms with Crippen molar-refractivity contribution >= 4 is 17.3 Å². The summed E-state index contributed by atoms with van der Waals surface area (Å²) in [5.74, 6) is 0.759.